The largest absolute Gasteiger partial charge is 0.480 e. The van der Waals surface area contributed by atoms with Crippen LogP contribution in [0, 0.1) is 29.6 Å². The van der Waals surface area contributed by atoms with Gasteiger partial charge in [-0.15, -0.1) is 0 Å². The quantitative estimate of drug-likeness (QED) is 0.515. The van der Waals surface area contributed by atoms with Gasteiger partial charge < -0.3 is 24.8 Å². The molecule has 0 unspecified atom stereocenters. The number of rotatable bonds is 3. The van der Waals surface area contributed by atoms with Gasteiger partial charge >= 0.3 is 0 Å². The summed E-state index contributed by atoms with van der Waals surface area (Å²) in [4.78, 5) is 11.9. The number of aromatic nitrogens is 1. The lowest BCUT2D eigenvalue weighted by atomic mass is 9.94. The van der Waals surface area contributed by atoms with E-state index in [4.69, 9.17) is 15.0 Å². The lowest BCUT2D eigenvalue weighted by molar-refractivity contribution is 0.394. The normalized spacial score (nSPS) is 16.6. The van der Waals surface area contributed by atoms with Gasteiger partial charge in [-0.05, 0) is 63.3 Å². The SMILES string of the molecule is CC#N.CN1CCCC1.COc1nc(N2CCNCC2)c2c(c1C#N)CN(c1cccc3cccc(C)c13)CC2. The molecule has 0 saturated carbocycles. The Bertz CT molecular complexity index is 1370. The molecule has 2 aromatic carbocycles. The number of ether oxygens (including phenoxy) is 1. The summed E-state index contributed by atoms with van der Waals surface area (Å²) in [6.45, 7) is 11.5. The van der Waals surface area contributed by atoms with Crippen LogP contribution >= 0.6 is 0 Å². The second-order valence-corrected chi connectivity index (χ2v) is 10.5. The van der Waals surface area contributed by atoms with Gasteiger partial charge in [0.25, 0.3) is 0 Å². The van der Waals surface area contributed by atoms with E-state index < -0.39 is 0 Å². The van der Waals surface area contributed by atoms with Gasteiger partial charge in [0, 0.05) is 68.4 Å². The molecule has 210 valence electrons. The number of nitriles is 2. The van der Waals surface area contributed by atoms with E-state index in [1.54, 1.807) is 13.2 Å². The lowest BCUT2D eigenvalue weighted by Crippen LogP contribution is -2.45. The van der Waals surface area contributed by atoms with Crippen molar-refractivity contribution in [2.75, 3.05) is 69.8 Å². The van der Waals surface area contributed by atoms with Gasteiger partial charge in [0.2, 0.25) is 5.88 Å². The molecule has 6 rings (SSSR count). The lowest BCUT2D eigenvalue weighted by Gasteiger charge is -2.36. The molecule has 0 amide bonds. The number of piperazine rings is 1. The first-order chi connectivity index (χ1) is 19.5. The molecule has 40 heavy (non-hydrogen) atoms. The van der Waals surface area contributed by atoms with E-state index in [-0.39, 0.29) is 0 Å². The predicted octanol–water partition coefficient (Wildman–Crippen LogP) is 4.64. The molecule has 2 fully saturated rings. The molecule has 4 heterocycles. The highest BCUT2D eigenvalue weighted by atomic mass is 16.5. The zero-order chi connectivity index (χ0) is 28.5. The summed E-state index contributed by atoms with van der Waals surface area (Å²) in [5.74, 6) is 1.42. The number of aryl methyl sites for hydroxylation is 1. The minimum atomic E-state index is 0.436. The van der Waals surface area contributed by atoms with Gasteiger partial charge in [0.05, 0.1) is 13.2 Å². The Balaban J connectivity index is 0.000000354. The Morgan fingerprint density at radius 1 is 0.925 bits per heavy atom. The summed E-state index contributed by atoms with van der Waals surface area (Å²) in [6, 6.07) is 17.1. The van der Waals surface area contributed by atoms with E-state index in [1.807, 2.05) is 0 Å². The van der Waals surface area contributed by atoms with Crippen LogP contribution in [-0.4, -0.2) is 69.9 Å². The van der Waals surface area contributed by atoms with E-state index in [0.717, 1.165) is 50.5 Å². The van der Waals surface area contributed by atoms with Crippen molar-refractivity contribution in [3.8, 4) is 18.0 Å². The van der Waals surface area contributed by atoms with E-state index in [1.165, 1.54) is 60.4 Å². The first kappa shape index (κ1) is 29.1. The molecule has 0 radical (unpaired) electrons. The van der Waals surface area contributed by atoms with Crippen molar-refractivity contribution in [3.63, 3.8) is 0 Å². The Morgan fingerprint density at radius 3 is 2.20 bits per heavy atom. The standard InChI is InChI=1S/C25H27N5O.C5H11N.C2H3N/c1-17-5-3-6-18-7-4-8-22(23(17)18)30-12-9-19-21(16-30)20(15-26)25(31-2)28-24(19)29-13-10-27-11-14-29;1-6-4-2-3-5-6;1-2-3/h3-8,27H,9-14,16H2,1-2H3;2-5H2,1H3;1H3. The van der Waals surface area contributed by atoms with Crippen LogP contribution in [0.4, 0.5) is 11.5 Å². The smallest absolute Gasteiger partial charge is 0.233 e. The second-order valence-electron chi connectivity index (χ2n) is 10.5. The fourth-order valence-corrected chi connectivity index (χ4v) is 5.84. The molecule has 3 aliphatic rings. The molecule has 8 nitrogen and oxygen atoms in total. The molecule has 0 spiro atoms. The van der Waals surface area contributed by atoms with Crippen LogP contribution in [0.5, 0.6) is 5.88 Å². The van der Waals surface area contributed by atoms with Crippen molar-refractivity contribution < 1.29 is 4.74 Å². The number of likely N-dealkylation sites (tertiary alicyclic amines) is 1. The summed E-state index contributed by atoms with van der Waals surface area (Å²) in [5.41, 5.74) is 5.32. The summed E-state index contributed by atoms with van der Waals surface area (Å²) >= 11 is 0. The van der Waals surface area contributed by atoms with Gasteiger partial charge in [0.15, 0.2) is 0 Å². The summed E-state index contributed by atoms with van der Waals surface area (Å²) in [7, 11) is 3.78. The number of nitrogens with zero attached hydrogens (tertiary/aromatic N) is 6. The van der Waals surface area contributed by atoms with Crippen LogP contribution < -0.4 is 19.9 Å². The molecular weight excluding hydrogens is 498 g/mol. The van der Waals surface area contributed by atoms with Gasteiger partial charge in [-0.25, -0.2) is 0 Å². The number of methoxy groups -OCH3 is 1. The molecule has 8 heteroatoms. The summed E-state index contributed by atoms with van der Waals surface area (Å²) in [6.07, 6.45) is 3.69. The van der Waals surface area contributed by atoms with Crippen molar-refractivity contribution >= 4 is 22.3 Å². The highest BCUT2D eigenvalue weighted by Crippen LogP contribution is 2.38. The van der Waals surface area contributed by atoms with Crippen molar-refractivity contribution in [1.82, 2.24) is 15.2 Å². The molecule has 0 atom stereocenters. The maximum atomic E-state index is 9.97. The zero-order valence-corrected chi connectivity index (χ0v) is 24.3. The molecule has 3 aromatic rings. The maximum Gasteiger partial charge on any atom is 0.233 e. The van der Waals surface area contributed by atoms with Crippen molar-refractivity contribution in [2.24, 2.45) is 0 Å². The molecule has 1 aromatic heterocycles. The van der Waals surface area contributed by atoms with E-state index in [2.05, 4.69) is 76.5 Å². The van der Waals surface area contributed by atoms with Gasteiger partial charge in [-0.3, -0.25) is 0 Å². The zero-order valence-electron chi connectivity index (χ0n) is 24.3. The van der Waals surface area contributed by atoms with Crippen LogP contribution in [-0.2, 0) is 13.0 Å². The second kappa shape index (κ2) is 14.0. The third-order valence-electron chi connectivity index (χ3n) is 7.82. The fraction of sp³-hybridized carbons (Fsp3) is 0.469. The number of hydrogen-bond donors (Lipinski definition) is 1. The fourth-order valence-electron chi connectivity index (χ4n) is 5.84. The van der Waals surface area contributed by atoms with Gasteiger partial charge in [-0.1, -0.05) is 30.3 Å². The van der Waals surface area contributed by atoms with Gasteiger partial charge in [0.1, 0.15) is 17.5 Å². The first-order valence-electron chi connectivity index (χ1n) is 14.2. The number of anilines is 2. The Morgan fingerprint density at radius 2 is 1.60 bits per heavy atom. The molecule has 0 bridgehead atoms. The monoisotopic (exact) mass is 539 g/mol. The highest BCUT2D eigenvalue weighted by Gasteiger charge is 2.29. The summed E-state index contributed by atoms with van der Waals surface area (Å²) < 4.78 is 5.57. The van der Waals surface area contributed by atoms with Crippen LogP contribution in [0.1, 0.15) is 42.0 Å². The van der Waals surface area contributed by atoms with Crippen LogP contribution in [0.25, 0.3) is 10.8 Å². The predicted molar refractivity (Wildman–Crippen MR) is 162 cm³/mol. The number of pyridine rings is 1. The number of benzene rings is 2. The molecule has 0 aliphatic carbocycles. The van der Waals surface area contributed by atoms with Crippen LogP contribution in [0.2, 0.25) is 0 Å². The average molecular weight is 540 g/mol. The topological polar surface area (TPSA) is 91.5 Å². The average Bonchev–Trinajstić information content (AvgIpc) is 3.48. The minimum Gasteiger partial charge on any atom is -0.480 e. The van der Waals surface area contributed by atoms with Crippen molar-refractivity contribution in [2.45, 2.75) is 39.7 Å². The Labute approximate surface area is 238 Å². The Hall–Kier alpha value is -3.85. The third-order valence-corrected chi connectivity index (χ3v) is 7.82. The minimum absolute atomic E-state index is 0.436. The molecule has 2 saturated heterocycles. The van der Waals surface area contributed by atoms with Crippen molar-refractivity contribution in [1.29, 1.82) is 10.5 Å². The molecule has 1 N–H and O–H groups in total. The highest BCUT2D eigenvalue weighted by molar-refractivity contribution is 5.97. The maximum absolute atomic E-state index is 9.97. The molecule has 3 aliphatic heterocycles. The third kappa shape index (κ3) is 6.47. The van der Waals surface area contributed by atoms with Crippen LogP contribution in [0.3, 0.4) is 0 Å². The van der Waals surface area contributed by atoms with E-state index in [9.17, 15) is 5.26 Å². The van der Waals surface area contributed by atoms with E-state index in [0.29, 0.717) is 18.0 Å². The number of nitrogens with one attached hydrogen (secondary N) is 1. The van der Waals surface area contributed by atoms with Crippen LogP contribution in [0.15, 0.2) is 36.4 Å². The summed E-state index contributed by atoms with van der Waals surface area (Å²) in [5, 5.41) is 23.2. The molecular formula is C32H41N7O. The Kier molecular flexibility index (Phi) is 10.2. The van der Waals surface area contributed by atoms with Crippen molar-refractivity contribution in [3.05, 3.63) is 58.7 Å². The first-order valence-corrected chi connectivity index (χ1v) is 14.2. The number of hydrogen-bond acceptors (Lipinski definition) is 8. The van der Waals surface area contributed by atoms with Gasteiger partial charge in [-0.2, -0.15) is 15.5 Å². The number of fused-ring (bicyclic) bond motifs is 2. The van der Waals surface area contributed by atoms with E-state index >= 15 is 0 Å².